The van der Waals surface area contributed by atoms with Crippen molar-refractivity contribution in [3.05, 3.63) is 70.0 Å². The Morgan fingerprint density at radius 1 is 1.31 bits per heavy atom. The van der Waals surface area contributed by atoms with Gasteiger partial charge in [-0.05, 0) is 36.8 Å². The molecule has 3 rings (SSSR count). The van der Waals surface area contributed by atoms with E-state index < -0.39 is 5.56 Å². The summed E-state index contributed by atoms with van der Waals surface area (Å²) in [6, 6.07) is 15.6. The van der Waals surface area contributed by atoms with Crippen LogP contribution in [0.15, 0.2) is 63.6 Å². The van der Waals surface area contributed by atoms with E-state index in [0.29, 0.717) is 22.7 Å². The van der Waals surface area contributed by atoms with E-state index in [0.717, 1.165) is 17.3 Å². The van der Waals surface area contributed by atoms with Crippen molar-refractivity contribution in [1.82, 2.24) is 9.97 Å². The van der Waals surface area contributed by atoms with Gasteiger partial charge in [-0.2, -0.15) is 5.26 Å². The minimum atomic E-state index is -0.584. The molecule has 10 heteroatoms. The molecule has 0 atom stereocenters. The first-order valence-corrected chi connectivity index (χ1v) is 10.3. The van der Waals surface area contributed by atoms with Gasteiger partial charge < -0.3 is 20.2 Å². The highest BCUT2D eigenvalue weighted by atomic mass is 32.2. The SMILES string of the molecule is COc1cccc(-c2nc(SCC(=O)Nc3ccc(/C(C)=N/O)cc3)[nH]c(=O)c2C#N)c1. The fraction of sp³-hybridized carbons (Fsp3) is 0.136. The number of carbonyl (C=O) groups is 1. The number of aromatic nitrogens is 2. The molecule has 0 aliphatic carbocycles. The monoisotopic (exact) mass is 449 g/mol. The zero-order valence-electron chi connectivity index (χ0n) is 17.2. The number of nitriles is 1. The molecule has 0 fully saturated rings. The molecule has 0 bridgehead atoms. The lowest BCUT2D eigenvalue weighted by molar-refractivity contribution is -0.113. The van der Waals surface area contributed by atoms with Gasteiger partial charge in [-0.15, -0.1) is 0 Å². The van der Waals surface area contributed by atoms with Gasteiger partial charge in [0.25, 0.3) is 5.56 Å². The molecule has 1 heterocycles. The standard InChI is InChI=1S/C22H19N5O4S/c1-13(27-30)14-6-8-16(9-7-14)24-19(28)12-32-22-25-20(18(11-23)21(29)26-22)15-4-3-5-17(10-15)31-2/h3-10,30H,12H2,1-2H3,(H,24,28)(H,25,26,29)/b27-13+. The zero-order valence-corrected chi connectivity index (χ0v) is 18.1. The second-order valence-electron chi connectivity index (χ2n) is 6.54. The Morgan fingerprint density at radius 2 is 2.06 bits per heavy atom. The van der Waals surface area contributed by atoms with Crippen LogP contribution >= 0.6 is 11.8 Å². The summed E-state index contributed by atoms with van der Waals surface area (Å²) in [5.74, 6) is 0.254. The van der Waals surface area contributed by atoms with Gasteiger partial charge in [0.1, 0.15) is 17.4 Å². The third-order valence-corrected chi connectivity index (χ3v) is 5.30. The van der Waals surface area contributed by atoms with E-state index in [1.165, 1.54) is 7.11 Å². The van der Waals surface area contributed by atoms with Gasteiger partial charge in [0.15, 0.2) is 5.16 Å². The van der Waals surface area contributed by atoms with Crippen LogP contribution < -0.4 is 15.6 Å². The summed E-state index contributed by atoms with van der Waals surface area (Å²) in [6.45, 7) is 1.66. The number of ether oxygens (including phenoxy) is 1. The van der Waals surface area contributed by atoms with E-state index in [-0.39, 0.29) is 28.1 Å². The van der Waals surface area contributed by atoms with E-state index in [1.807, 2.05) is 6.07 Å². The van der Waals surface area contributed by atoms with Gasteiger partial charge in [0.2, 0.25) is 5.91 Å². The summed E-state index contributed by atoms with van der Waals surface area (Å²) >= 11 is 1.04. The molecule has 0 aliphatic rings. The zero-order chi connectivity index (χ0) is 23.1. The lowest BCUT2D eigenvalue weighted by atomic mass is 10.1. The number of methoxy groups -OCH3 is 1. The number of rotatable bonds is 7. The summed E-state index contributed by atoms with van der Waals surface area (Å²) < 4.78 is 5.20. The number of benzene rings is 2. The molecule has 0 saturated heterocycles. The van der Waals surface area contributed by atoms with Crippen LogP contribution in [0.4, 0.5) is 5.69 Å². The average Bonchev–Trinajstić information content (AvgIpc) is 2.82. The van der Waals surface area contributed by atoms with Crippen LogP contribution in [0, 0.1) is 11.3 Å². The number of thioether (sulfide) groups is 1. The van der Waals surface area contributed by atoms with Gasteiger partial charge in [0, 0.05) is 11.3 Å². The van der Waals surface area contributed by atoms with E-state index in [4.69, 9.17) is 9.94 Å². The molecule has 0 saturated carbocycles. The lowest BCUT2D eigenvalue weighted by Gasteiger charge is -2.08. The Balaban J connectivity index is 1.75. The van der Waals surface area contributed by atoms with Crippen LogP contribution in [0.25, 0.3) is 11.3 Å². The van der Waals surface area contributed by atoms with Gasteiger partial charge in [-0.3, -0.25) is 9.59 Å². The van der Waals surface area contributed by atoms with Gasteiger partial charge in [0.05, 0.1) is 24.3 Å². The van der Waals surface area contributed by atoms with Crippen molar-refractivity contribution in [3.63, 3.8) is 0 Å². The molecule has 2 aromatic carbocycles. The van der Waals surface area contributed by atoms with E-state index >= 15 is 0 Å². The van der Waals surface area contributed by atoms with Crippen LogP contribution in [0.1, 0.15) is 18.1 Å². The van der Waals surface area contributed by atoms with Gasteiger partial charge >= 0.3 is 0 Å². The van der Waals surface area contributed by atoms with Crippen molar-refractivity contribution in [3.8, 4) is 23.1 Å². The normalized spacial score (nSPS) is 11.0. The highest BCUT2D eigenvalue weighted by Gasteiger charge is 2.15. The molecular weight excluding hydrogens is 430 g/mol. The smallest absolute Gasteiger partial charge is 0.270 e. The first-order valence-electron chi connectivity index (χ1n) is 9.35. The number of hydrogen-bond donors (Lipinski definition) is 3. The number of aromatic amines is 1. The number of anilines is 1. The molecule has 1 aromatic heterocycles. The topological polar surface area (TPSA) is 140 Å². The fourth-order valence-electron chi connectivity index (χ4n) is 2.79. The van der Waals surface area contributed by atoms with Crippen molar-refractivity contribution in [2.24, 2.45) is 5.16 Å². The van der Waals surface area contributed by atoms with Crippen molar-refractivity contribution in [2.45, 2.75) is 12.1 Å². The van der Waals surface area contributed by atoms with Crippen LogP contribution in [-0.2, 0) is 4.79 Å². The minimum Gasteiger partial charge on any atom is -0.497 e. The number of nitrogens with one attached hydrogen (secondary N) is 2. The third kappa shape index (κ3) is 5.33. The van der Waals surface area contributed by atoms with Crippen molar-refractivity contribution in [2.75, 3.05) is 18.2 Å². The fourth-order valence-corrected chi connectivity index (χ4v) is 3.45. The minimum absolute atomic E-state index is 0.00866. The number of oxime groups is 1. The van der Waals surface area contributed by atoms with Crippen molar-refractivity contribution in [1.29, 1.82) is 5.26 Å². The number of H-pyrrole nitrogens is 1. The van der Waals surface area contributed by atoms with Crippen LogP contribution in [0.3, 0.4) is 0 Å². The summed E-state index contributed by atoms with van der Waals surface area (Å²) in [4.78, 5) is 31.6. The maximum atomic E-state index is 12.4. The molecule has 0 radical (unpaired) electrons. The Bertz CT molecular complexity index is 1260. The maximum Gasteiger partial charge on any atom is 0.270 e. The molecule has 0 aliphatic heterocycles. The highest BCUT2D eigenvalue weighted by Crippen LogP contribution is 2.25. The van der Waals surface area contributed by atoms with E-state index in [2.05, 4.69) is 20.4 Å². The van der Waals surface area contributed by atoms with Crippen molar-refractivity contribution < 1.29 is 14.7 Å². The molecule has 0 spiro atoms. The molecule has 9 nitrogen and oxygen atoms in total. The number of hydrogen-bond acceptors (Lipinski definition) is 8. The predicted molar refractivity (Wildman–Crippen MR) is 121 cm³/mol. The maximum absolute atomic E-state index is 12.4. The molecule has 0 unspecified atom stereocenters. The largest absolute Gasteiger partial charge is 0.497 e. The molecule has 3 aromatic rings. The molecule has 1 amide bonds. The lowest BCUT2D eigenvalue weighted by Crippen LogP contribution is -2.17. The molecule has 3 N–H and O–H groups in total. The van der Waals surface area contributed by atoms with E-state index in [1.54, 1.807) is 55.5 Å². The quantitative estimate of drug-likeness (QED) is 0.165. The number of nitrogens with zero attached hydrogens (tertiary/aromatic N) is 3. The van der Waals surface area contributed by atoms with Crippen molar-refractivity contribution >= 4 is 29.1 Å². The summed E-state index contributed by atoms with van der Waals surface area (Å²) in [5, 5.41) is 24.3. The van der Waals surface area contributed by atoms with Gasteiger partial charge in [-0.25, -0.2) is 4.98 Å². The van der Waals surface area contributed by atoms with Crippen LogP contribution in [-0.4, -0.2) is 39.7 Å². The number of carbonyl (C=O) groups excluding carboxylic acids is 1. The first kappa shape index (κ1) is 22.6. The summed E-state index contributed by atoms with van der Waals surface area (Å²) in [5.41, 5.74) is 1.83. The van der Waals surface area contributed by atoms with Crippen LogP contribution in [0.5, 0.6) is 5.75 Å². The highest BCUT2D eigenvalue weighted by molar-refractivity contribution is 7.99. The average molecular weight is 449 g/mol. The summed E-state index contributed by atoms with van der Waals surface area (Å²) in [6.07, 6.45) is 0. The Kier molecular flexibility index (Phi) is 7.25. The Morgan fingerprint density at radius 3 is 2.72 bits per heavy atom. The van der Waals surface area contributed by atoms with Crippen LogP contribution in [0.2, 0.25) is 0 Å². The van der Waals surface area contributed by atoms with E-state index in [9.17, 15) is 14.9 Å². The third-order valence-electron chi connectivity index (χ3n) is 4.43. The number of amides is 1. The Labute approximate surface area is 187 Å². The summed E-state index contributed by atoms with van der Waals surface area (Å²) in [7, 11) is 1.52. The van der Waals surface area contributed by atoms with Gasteiger partial charge in [-0.1, -0.05) is 41.2 Å². The second kappa shape index (κ2) is 10.3. The molecule has 32 heavy (non-hydrogen) atoms. The molecular formula is C22H19N5O4S. The first-order chi connectivity index (χ1) is 15.4. The second-order valence-corrected chi connectivity index (χ2v) is 7.50. The molecule has 162 valence electrons. The Hall–Kier alpha value is -4.10. The predicted octanol–water partition coefficient (Wildman–Crippen LogP) is 3.25.